The lowest BCUT2D eigenvalue weighted by molar-refractivity contribution is -0.123. The van der Waals surface area contributed by atoms with Crippen LogP contribution in [0.4, 0.5) is 0 Å². The van der Waals surface area contributed by atoms with Crippen LogP contribution in [-0.2, 0) is 4.79 Å². The van der Waals surface area contributed by atoms with Gasteiger partial charge in [0, 0.05) is 19.5 Å². The van der Waals surface area contributed by atoms with Crippen molar-refractivity contribution in [1.29, 1.82) is 10.5 Å². The van der Waals surface area contributed by atoms with Crippen LogP contribution in [-0.4, -0.2) is 23.4 Å². The predicted molar refractivity (Wildman–Crippen MR) is 118 cm³/mol. The summed E-state index contributed by atoms with van der Waals surface area (Å²) in [7, 11) is 0. The predicted octanol–water partition coefficient (Wildman–Crippen LogP) is 5.19. The summed E-state index contributed by atoms with van der Waals surface area (Å²) < 4.78 is 0. The fourth-order valence-electron chi connectivity index (χ4n) is 2.32. The zero-order valence-electron chi connectivity index (χ0n) is 18.9. The molecule has 1 unspecified atom stereocenters. The molecule has 0 aliphatic heterocycles. The van der Waals surface area contributed by atoms with Crippen LogP contribution < -0.4 is 11.5 Å². The molecule has 164 valence electrons. The van der Waals surface area contributed by atoms with E-state index >= 15 is 0 Å². The van der Waals surface area contributed by atoms with Crippen molar-refractivity contribution < 1.29 is 4.79 Å². The fraction of sp³-hybridized carbons (Fsp3) is 0.864. The monoisotopic (exact) mass is 395 g/mol. The Morgan fingerprint density at radius 3 is 1.43 bits per heavy atom. The summed E-state index contributed by atoms with van der Waals surface area (Å²) in [5.74, 6) is -0.560. The third-order valence-corrected chi connectivity index (χ3v) is 4.20. The minimum absolute atomic E-state index is 0.233. The van der Waals surface area contributed by atoms with E-state index < -0.39 is 5.91 Å². The molecule has 28 heavy (non-hydrogen) atoms. The normalized spacial score (nSPS) is 10.3. The Balaban J connectivity index is -0.000000347. The molecule has 0 rings (SSSR count). The lowest BCUT2D eigenvalue weighted by atomic mass is 10.1. The standard InChI is InChI=1S/C10H24N2.C8H18.C4H3N3O/c1-2-3-4-5-6-7-8-10(12)9-11;1-3-5-7-8-6-4-2;1-4(8)7(2-5)3-6/h10H,2-9,11-12H2,1H3;3-8H2,1-2H3;1H3. The van der Waals surface area contributed by atoms with Crippen LogP contribution in [0.25, 0.3) is 0 Å². The molecule has 0 heterocycles. The van der Waals surface area contributed by atoms with Crippen molar-refractivity contribution in [2.75, 3.05) is 6.54 Å². The molecule has 6 heteroatoms. The average molecular weight is 396 g/mol. The second-order valence-corrected chi connectivity index (χ2v) is 7.02. The number of hydrogen-bond acceptors (Lipinski definition) is 5. The van der Waals surface area contributed by atoms with E-state index in [4.69, 9.17) is 22.0 Å². The van der Waals surface area contributed by atoms with Gasteiger partial charge in [-0.05, 0) is 6.42 Å². The van der Waals surface area contributed by atoms with Crippen molar-refractivity contribution in [3.63, 3.8) is 0 Å². The fourth-order valence-corrected chi connectivity index (χ4v) is 2.32. The molecule has 0 bridgehead atoms. The summed E-state index contributed by atoms with van der Waals surface area (Å²) in [4.78, 5) is 10.5. The number of carbonyl (C=O) groups is 1. The van der Waals surface area contributed by atoms with Gasteiger partial charge in [0.1, 0.15) is 0 Å². The summed E-state index contributed by atoms with van der Waals surface area (Å²) in [6, 6.07) is 0.233. The van der Waals surface area contributed by atoms with Crippen LogP contribution in [0.5, 0.6) is 0 Å². The lowest BCUT2D eigenvalue weighted by Gasteiger charge is -2.07. The Labute approximate surface area is 174 Å². The van der Waals surface area contributed by atoms with Crippen molar-refractivity contribution >= 4 is 5.91 Å². The quantitative estimate of drug-likeness (QED) is 0.253. The van der Waals surface area contributed by atoms with Crippen LogP contribution in [0.15, 0.2) is 0 Å². The molecule has 0 spiro atoms. The Kier molecular flexibility index (Phi) is 30.6. The third-order valence-electron chi connectivity index (χ3n) is 4.20. The van der Waals surface area contributed by atoms with Crippen molar-refractivity contribution in [1.82, 2.24) is 4.90 Å². The molecule has 1 amide bonds. The van der Waals surface area contributed by atoms with Crippen LogP contribution >= 0.6 is 0 Å². The molecule has 0 aromatic heterocycles. The van der Waals surface area contributed by atoms with E-state index in [2.05, 4.69) is 20.8 Å². The molecule has 0 aromatic carbocycles. The van der Waals surface area contributed by atoms with Crippen LogP contribution in [0.2, 0.25) is 0 Å². The van der Waals surface area contributed by atoms with E-state index in [-0.39, 0.29) is 6.04 Å². The molecule has 6 nitrogen and oxygen atoms in total. The number of rotatable bonds is 13. The van der Waals surface area contributed by atoms with E-state index in [1.165, 1.54) is 89.4 Å². The SMILES string of the molecule is CC(=O)N(C#N)C#N.CCCCCCCC.CCCCCCCCC(N)CN. The van der Waals surface area contributed by atoms with Gasteiger partial charge in [0.15, 0.2) is 0 Å². The highest BCUT2D eigenvalue weighted by molar-refractivity contribution is 5.76. The van der Waals surface area contributed by atoms with Gasteiger partial charge in [-0.15, -0.1) is 4.90 Å². The molecule has 0 aliphatic rings. The first-order valence-corrected chi connectivity index (χ1v) is 11.0. The van der Waals surface area contributed by atoms with Gasteiger partial charge in [-0.1, -0.05) is 97.8 Å². The molecule has 0 fully saturated rings. The maximum absolute atomic E-state index is 10.1. The first kappa shape index (κ1) is 31.1. The van der Waals surface area contributed by atoms with Gasteiger partial charge in [0.25, 0.3) is 0 Å². The van der Waals surface area contributed by atoms with E-state index in [0.29, 0.717) is 11.4 Å². The zero-order chi connectivity index (χ0) is 22.0. The smallest absolute Gasteiger partial charge is 0.246 e. The van der Waals surface area contributed by atoms with Gasteiger partial charge < -0.3 is 11.5 Å². The number of nitrogens with zero attached hydrogens (tertiary/aromatic N) is 3. The van der Waals surface area contributed by atoms with E-state index in [1.807, 2.05) is 0 Å². The maximum Gasteiger partial charge on any atom is 0.246 e. The van der Waals surface area contributed by atoms with Crippen LogP contribution in [0.3, 0.4) is 0 Å². The molecule has 4 N–H and O–H groups in total. The molecule has 0 radical (unpaired) electrons. The zero-order valence-corrected chi connectivity index (χ0v) is 18.9. The highest BCUT2D eigenvalue weighted by Gasteiger charge is 2.02. The number of hydrogen-bond donors (Lipinski definition) is 2. The Morgan fingerprint density at radius 1 is 0.821 bits per heavy atom. The lowest BCUT2D eigenvalue weighted by Crippen LogP contribution is -2.29. The van der Waals surface area contributed by atoms with Crippen molar-refractivity contribution in [2.24, 2.45) is 11.5 Å². The first-order chi connectivity index (χ1) is 13.4. The summed E-state index contributed by atoms with van der Waals surface area (Å²) in [5.41, 5.74) is 11.1. The molecule has 1 atom stereocenters. The Morgan fingerprint density at radius 2 is 1.18 bits per heavy atom. The van der Waals surface area contributed by atoms with E-state index in [0.717, 1.165) is 13.3 Å². The summed E-state index contributed by atoms with van der Waals surface area (Å²) in [6.45, 7) is 8.53. The number of nitriles is 2. The highest BCUT2D eigenvalue weighted by atomic mass is 16.2. The Hall–Kier alpha value is -1.63. The molecule has 0 saturated heterocycles. The minimum atomic E-state index is -0.560. The van der Waals surface area contributed by atoms with Gasteiger partial charge in [0.2, 0.25) is 18.3 Å². The number of carbonyl (C=O) groups excluding carboxylic acids is 1. The van der Waals surface area contributed by atoms with Crippen molar-refractivity contribution in [3.8, 4) is 12.4 Å². The summed E-state index contributed by atoms with van der Waals surface area (Å²) >= 11 is 0. The van der Waals surface area contributed by atoms with E-state index in [1.54, 1.807) is 0 Å². The second-order valence-electron chi connectivity index (χ2n) is 7.02. The minimum Gasteiger partial charge on any atom is -0.329 e. The van der Waals surface area contributed by atoms with Gasteiger partial charge in [-0.2, -0.15) is 10.5 Å². The van der Waals surface area contributed by atoms with Crippen molar-refractivity contribution in [2.45, 2.75) is 117 Å². The molecule has 0 saturated carbocycles. The third kappa shape index (κ3) is 29.1. The molecule has 0 aromatic rings. The van der Waals surface area contributed by atoms with Gasteiger partial charge in [-0.3, -0.25) is 4.79 Å². The highest BCUT2D eigenvalue weighted by Crippen LogP contribution is 2.07. The topological polar surface area (TPSA) is 120 Å². The largest absolute Gasteiger partial charge is 0.329 e. The van der Waals surface area contributed by atoms with Crippen molar-refractivity contribution in [3.05, 3.63) is 0 Å². The van der Waals surface area contributed by atoms with Crippen LogP contribution in [0.1, 0.15) is 111 Å². The maximum atomic E-state index is 10.1. The number of nitrogens with two attached hydrogens (primary N) is 2. The first-order valence-electron chi connectivity index (χ1n) is 11.0. The van der Waals surface area contributed by atoms with Crippen LogP contribution in [0, 0.1) is 22.9 Å². The summed E-state index contributed by atoms with van der Waals surface area (Å²) in [5, 5.41) is 15.9. The average Bonchev–Trinajstić information content (AvgIpc) is 2.69. The van der Waals surface area contributed by atoms with E-state index in [9.17, 15) is 4.79 Å². The van der Waals surface area contributed by atoms with Gasteiger partial charge in [-0.25, -0.2) is 0 Å². The summed E-state index contributed by atoms with van der Waals surface area (Å²) in [6.07, 6.45) is 20.4. The van der Waals surface area contributed by atoms with Gasteiger partial charge >= 0.3 is 0 Å². The number of unbranched alkanes of at least 4 members (excludes halogenated alkanes) is 10. The number of amides is 1. The Bertz CT molecular complexity index is 381. The molecule has 0 aliphatic carbocycles. The van der Waals surface area contributed by atoms with Gasteiger partial charge in [0.05, 0.1) is 0 Å². The molecular weight excluding hydrogens is 350 g/mol. The second kappa shape index (κ2) is 27.6. The molecular formula is C22H45N5O.